The Balaban J connectivity index is 2.10. The van der Waals surface area contributed by atoms with E-state index in [0.29, 0.717) is 0 Å². The number of para-hydroxylation sites is 1. The topological polar surface area (TPSA) is 37.9 Å². The predicted molar refractivity (Wildman–Crippen MR) is 75.8 cm³/mol. The maximum absolute atomic E-state index is 5.14. The van der Waals surface area contributed by atoms with E-state index in [4.69, 9.17) is 4.74 Å². The highest BCUT2D eigenvalue weighted by molar-refractivity contribution is 9.10. The monoisotopic (exact) mass is 302 g/mol. The second-order valence-electron chi connectivity index (χ2n) is 3.95. The van der Waals surface area contributed by atoms with Crippen LogP contribution in [-0.2, 0) is 0 Å². The van der Waals surface area contributed by atoms with Crippen LogP contribution in [0.25, 0.3) is 22.4 Å². The fraction of sp³-hybridized carbons (Fsp3) is 0.0714. The summed E-state index contributed by atoms with van der Waals surface area (Å²) in [6, 6.07) is 13.8. The van der Waals surface area contributed by atoms with Crippen LogP contribution in [0.3, 0.4) is 0 Å². The molecule has 90 valence electrons. The highest BCUT2D eigenvalue weighted by atomic mass is 79.9. The maximum atomic E-state index is 5.14. The number of aromatic nitrogens is 2. The van der Waals surface area contributed by atoms with Gasteiger partial charge in [0, 0.05) is 10.0 Å². The van der Waals surface area contributed by atoms with Crippen LogP contribution in [0.2, 0.25) is 0 Å². The van der Waals surface area contributed by atoms with Crippen molar-refractivity contribution < 1.29 is 4.74 Å². The lowest BCUT2D eigenvalue weighted by atomic mass is 10.2. The molecule has 0 saturated heterocycles. The third-order valence-corrected chi connectivity index (χ3v) is 3.47. The molecule has 0 saturated carbocycles. The molecule has 0 fully saturated rings. The lowest BCUT2D eigenvalue weighted by Crippen LogP contribution is -1.83. The van der Waals surface area contributed by atoms with E-state index in [1.54, 1.807) is 7.11 Å². The van der Waals surface area contributed by atoms with Gasteiger partial charge in [-0.05, 0) is 52.3 Å². The van der Waals surface area contributed by atoms with Crippen molar-refractivity contribution in [3.05, 3.63) is 46.9 Å². The van der Waals surface area contributed by atoms with E-state index in [0.717, 1.165) is 32.6 Å². The Bertz CT molecular complexity index is 689. The van der Waals surface area contributed by atoms with Gasteiger partial charge < -0.3 is 9.72 Å². The highest BCUT2D eigenvalue weighted by Gasteiger charge is 2.07. The molecule has 0 amide bonds. The molecule has 1 heterocycles. The molecule has 3 aromatic rings. The summed E-state index contributed by atoms with van der Waals surface area (Å²) < 4.78 is 6.14. The zero-order valence-corrected chi connectivity index (χ0v) is 11.4. The lowest BCUT2D eigenvalue weighted by Gasteiger charge is -2.00. The number of imidazole rings is 1. The molecule has 1 N–H and O–H groups in total. The van der Waals surface area contributed by atoms with Gasteiger partial charge >= 0.3 is 0 Å². The summed E-state index contributed by atoms with van der Waals surface area (Å²) in [4.78, 5) is 7.90. The molecule has 0 bridgehead atoms. The number of rotatable bonds is 2. The molecule has 0 aliphatic heterocycles. The number of halogens is 1. The number of nitrogens with zero attached hydrogens (tertiary/aromatic N) is 1. The smallest absolute Gasteiger partial charge is 0.138 e. The van der Waals surface area contributed by atoms with Crippen LogP contribution in [0.5, 0.6) is 5.75 Å². The van der Waals surface area contributed by atoms with Gasteiger partial charge in [-0.1, -0.05) is 6.07 Å². The van der Waals surface area contributed by atoms with E-state index in [1.807, 2.05) is 42.5 Å². The Morgan fingerprint density at radius 2 is 1.89 bits per heavy atom. The summed E-state index contributed by atoms with van der Waals surface area (Å²) in [5.41, 5.74) is 3.01. The van der Waals surface area contributed by atoms with Gasteiger partial charge in [0.2, 0.25) is 0 Å². The van der Waals surface area contributed by atoms with Gasteiger partial charge in [-0.2, -0.15) is 0 Å². The van der Waals surface area contributed by atoms with Gasteiger partial charge in [-0.15, -0.1) is 0 Å². The SMILES string of the molecule is COc1ccc(-c2nc3c(Br)cccc3[nH]2)cc1. The van der Waals surface area contributed by atoms with E-state index >= 15 is 0 Å². The molecule has 3 nitrogen and oxygen atoms in total. The molecule has 1 aromatic heterocycles. The number of methoxy groups -OCH3 is 1. The number of fused-ring (bicyclic) bond motifs is 1. The number of ether oxygens (including phenoxy) is 1. The van der Waals surface area contributed by atoms with Gasteiger partial charge in [0.15, 0.2) is 0 Å². The highest BCUT2D eigenvalue weighted by Crippen LogP contribution is 2.26. The third kappa shape index (κ3) is 1.88. The number of hydrogen-bond acceptors (Lipinski definition) is 2. The van der Waals surface area contributed by atoms with Crippen LogP contribution < -0.4 is 4.74 Å². The largest absolute Gasteiger partial charge is 0.497 e. The fourth-order valence-electron chi connectivity index (χ4n) is 1.88. The molecule has 0 radical (unpaired) electrons. The molecular weight excluding hydrogens is 292 g/mol. The summed E-state index contributed by atoms with van der Waals surface area (Å²) in [5.74, 6) is 1.70. The van der Waals surface area contributed by atoms with Gasteiger partial charge in [-0.3, -0.25) is 0 Å². The van der Waals surface area contributed by atoms with Crippen LogP contribution >= 0.6 is 15.9 Å². The first-order valence-electron chi connectivity index (χ1n) is 5.56. The molecule has 0 atom stereocenters. The van der Waals surface area contributed by atoms with Gasteiger partial charge in [-0.25, -0.2) is 4.98 Å². The first kappa shape index (κ1) is 11.3. The van der Waals surface area contributed by atoms with Crippen LogP contribution in [-0.4, -0.2) is 17.1 Å². The molecule has 18 heavy (non-hydrogen) atoms. The van der Waals surface area contributed by atoms with Crippen LogP contribution in [0.15, 0.2) is 46.9 Å². The second kappa shape index (κ2) is 4.46. The Morgan fingerprint density at radius 3 is 2.56 bits per heavy atom. The summed E-state index contributed by atoms with van der Waals surface area (Å²) in [6.07, 6.45) is 0. The zero-order chi connectivity index (χ0) is 12.5. The average molecular weight is 303 g/mol. The fourth-order valence-corrected chi connectivity index (χ4v) is 2.34. The number of hydrogen-bond donors (Lipinski definition) is 1. The van der Waals surface area contributed by atoms with E-state index in [9.17, 15) is 0 Å². The van der Waals surface area contributed by atoms with Gasteiger partial charge in [0.05, 0.1) is 12.6 Å². The number of nitrogens with one attached hydrogen (secondary N) is 1. The minimum atomic E-state index is 0.844. The Morgan fingerprint density at radius 1 is 1.11 bits per heavy atom. The van der Waals surface area contributed by atoms with Crippen molar-refractivity contribution in [1.82, 2.24) is 9.97 Å². The van der Waals surface area contributed by atoms with Crippen molar-refractivity contribution in [2.75, 3.05) is 7.11 Å². The Hall–Kier alpha value is -1.81. The summed E-state index contributed by atoms with van der Waals surface area (Å²) in [7, 11) is 1.66. The zero-order valence-electron chi connectivity index (χ0n) is 9.77. The van der Waals surface area contributed by atoms with Crippen molar-refractivity contribution in [3.63, 3.8) is 0 Å². The minimum absolute atomic E-state index is 0.844. The van der Waals surface area contributed by atoms with Crippen molar-refractivity contribution >= 4 is 27.0 Å². The molecule has 4 heteroatoms. The quantitative estimate of drug-likeness (QED) is 0.777. The van der Waals surface area contributed by atoms with Crippen LogP contribution in [0, 0.1) is 0 Å². The van der Waals surface area contributed by atoms with Crippen molar-refractivity contribution in [2.45, 2.75) is 0 Å². The van der Waals surface area contributed by atoms with Gasteiger partial charge in [0.25, 0.3) is 0 Å². The number of benzene rings is 2. The maximum Gasteiger partial charge on any atom is 0.138 e. The second-order valence-corrected chi connectivity index (χ2v) is 4.80. The lowest BCUT2D eigenvalue weighted by molar-refractivity contribution is 0.415. The van der Waals surface area contributed by atoms with E-state index in [1.165, 1.54) is 0 Å². The summed E-state index contributed by atoms with van der Waals surface area (Å²) >= 11 is 3.50. The molecule has 2 aromatic carbocycles. The molecule has 3 rings (SSSR count). The number of H-pyrrole nitrogens is 1. The van der Waals surface area contributed by atoms with Gasteiger partial charge in [0.1, 0.15) is 17.1 Å². The third-order valence-electron chi connectivity index (χ3n) is 2.83. The first-order valence-corrected chi connectivity index (χ1v) is 6.36. The van der Waals surface area contributed by atoms with Crippen LogP contribution in [0.1, 0.15) is 0 Å². The van der Waals surface area contributed by atoms with E-state index in [2.05, 4.69) is 25.9 Å². The predicted octanol–water partition coefficient (Wildman–Crippen LogP) is 4.00. The summed E-state index contributed by atoms with van der Waals surface area (Å²) in [6.45, 7) is 0. The molecule has 0 aliphatic rings. The molecule has 0 unspecified atom stereocenters. The Kier molecular flexibility index (Phi) is 2.80. The molecule has 0 aliphatic carbocycles. The number of aromatic amines is 1. The molecular formula is C14H11BrN2O. The standard InChI is InChI=1S/C14H11BrN2O/c1-18-10-7-5-9(6-8-10)14-16-12-4-2-3-11(15)13(12)17-14/h2-8H,1H3,(H,16,17). The van der Waals surface area contributed by atoms with Crippen molar-refractivity contribution in [2.24, 2.45) is 0 Å². The first-order chi connectivity index (χ1) is 8.78. The minimum Gasteiger partial charge on any atom is -0.497 e. The van der Waals surface area contributed by atoms with Crippen molar-refractivity contribution in [3.8, 4) is 17.1 Å². The Labute approximate surface area is 113 Å². The summed E-state index contributed by atoms with van der Waals surface area (Å²) in [5, 5.41) is 0. The van der Waals surface area contributed by atoms with Crippen molar-refractivity contribution in [1.29, 1.82) is 0 Å². The molecule has 0 spiro atoms. The normalized spacial score (nSPS) is 10.8. The van der Waals surface area contributed by atoms with Crippen LogP contribution in [0.4, 0.5) is 0 Å². The average Bonchev–Trinajstić information content (AvgIpc) is 2.84. The van der Waals surface area contributed by atoms with E-state index in [-0.39, 0.29) is 0 Å². The van der Waals surface area contributed by atoms with E-state index < -0.39 is 0 Å².